The van der Waals surface area contributed by atoms with E-state index in [1.54, 1.807) is 0 Å². The number of aliphatic hydroxyl groups excluding tert-OH is 1. The summed E-state index contributed by atoms with van der Waals surface area (Å²) in [5, 5.41) is 18.2. The molecule has 1 aromatic carbocycles. The molecule has 4 heteroatoms. The van der Waals surface area contributed by atoms with Crippen molar-refractivity contribution >= 4 is 11.7 Å². The molecule has 2 rings (SSSR count). The first-order chi connectivity index (χ1) is 8.13. The molecule has 0 aliphatic carbocycles. The van der Waals surface area contributed by atoms with Crippen LogP contribution in [0.1, 0.15) is 11.1 Å². The summed E-state index contributed by atoms with van der Waals surface area (Å²) >= 11 is 0. The maximum Gasteiger partial charge on any atom is 0.408 e. The summed E-state index contributed by atoms with van der Waals surface area (Å²) < 4.78 is 0. The predicted octanol–water partition coefficient (Wildman–Crippen LogP) is 1.73. The second-order valence-electron chi connectivity index (χ2n) is 4.17. The molecule has 0 bridgehead atoms. The Bertz CT molecular complexity index is 467. The van der Waals surface area contributed by atoms with Crippen LogP contribution in [0.25, 0.3) is 5.57 Å². The fourth-order valence-corrected chi connectivity index (χ4v) is 2.14. The molecule has 4 nitrogen and oxygen atoms in total. The topological polar surface area (TPSA) is 60.8 Å². The van der Waals surface area contributed by atoms with Crippen molar-refractivity contribution in [2.45, 2.75) is 13.0 Å². The molecule has 90 valence electrons. The molecule has 0 spiro atoms. The molecular formula is C13H15NO3. The summed E-state index contributed by atoms with van der Waals surface area (Å²) in [7, 11) is 0. The van der Waals surface area contributed by atoms with E-state index in [0.29, 0.717) is 6.54 Å². The molecular weight excluding hydrogens is 218 g/mol. The van der Waals surface area contributed by atoms with Crippen LogP contribution in [0.2, 0.25) is 0 Å². The zero-order valence-electron chi connectivity index (χ0n) is 9.63. The van der Waals surface area contributed by atoms with Gasteiger partial charge in [0.25, 0.3) is 0 Å². The number of amides is 1. The van der Waals surface area contributed by atoms with Crippen LogP contribution in [0.4, 0.5) is 4.79 Å². The first kappa shape index (κ1) is 11.7. The van der Waals surface area contributed by atoms with Crippen molar-refractivity contribution in [2.75, 3.05) is 13.2 Å². The number of benzene rings is 1. The quantitative estimate of drug-likeness (QED) is 0.817. The van der Waals surface area contributed by atoms with Crippen molar-refractivity contribution in [3.8, 4) is 0 Å². The van der Waals surface area contributed by atoms with E-state index < -0.39 is 12.1 Å². The van der Waals surface area contributed by atoms with E-state index in [1.165, 1.54) is 4.90 Å². The third-order valence-electron chi connectivity index (χ3n) is 3.06. The minimum absolute atomic E-state index is 0.179. The minimum atomic E-state index is -0.996. The van der Waals surface area contributed by atoms with Crippen LogP contribution >= 0.6 is 0 Å². The molecule has 0 saturated heterocycles. The Labute approximate surface area is 99.8 Å². The highest BCUT2D eigenvalue weighted by Gasteiger charge is 2.28. The van der Waals surface area contributed by atoms with Crippen LogP contribution < -0.4 is 0 Å². The monoisotopic (exact) mass is 233 g/mol. The van der Waals surface area contributed by atoms with Crippen molar-refractivity contribution in [3.63, 3.8) is 0 Å². The van der Waals surface area contributed by atoms with Gasteiger partial charge in [-0.15, -0.1) is 0 Å². The maximum atomic E-state index is 11.0. The van der Waals surface area contributed by atoms with Gasteiger partial charge in [0, 0.05) is 0 Å². The van der Waals surface area contributed by atoms with Gasteiger partial charge in [0.05, 0.1) is 19.2 Å². The van der Waals surface area contributed by atoms with Gasteiger partial charge in [-0.2, -0.15) is 0 Å². The number of rotatable bonds is 2. The number of hydrogen-bond acceptors (Lipinski definition) is 2. The van der Waals surface area contributed by atoms with Gasteiger partial charge in [0.15, 0.2) is 0 Å². The van der Waals surface area contributed by atoms with Crippen LogP contribution in [-0.4, -0.2) is 40.4 Å². The van der Waals surface area contributed by atoms with E-state index in [9.17, 15) is 4.79 Å². The Balaban J connectivity index is 2.30. The third kappa shape index (κ3) is 2.17. The summed E-state index contributed by atoms with van der Waals surface area (Å²) in [4.78, 5) is 12.3. The number of aliphatic hydroxyl groups is 1. The van der Waals surface area contributed by atoms with Crippen LogP contribution in [-0.2, 0) is 0 Å². The molecule has 1 amide bonds. The zero-order valence-corrected chi connectivity index (χ0v) is 9.63. The normalized spacial score (nSPS) is 19.3. The van der Waals surface area contributed by atoms with Gasteiger partial charge < -0.3 is 10.2 Å². The number of carbonyl (C=O) groups is 1. The van der Waals surface area contributed by atoms with Gasteiger partial charge in [0.1, 0.15) is 0 Å². The Morgan fingerprint density at radius 3 is 2.71 bits per heavy atom. The third-order valence-corrected chi connectivity index (χ3v) is 3.06. The number of nitrogens with zero attached hydrogens (tertiary/aromatic N) is 1. The summed E-state index contributed by atoms with van der Waals surface area (Å²) in [6.45, 7) is 2.15. The van der Waals surface area contributed by atoms with E-state index in [-0.39, 0.29) is 6.61 Å². The smallest absolute Gasteiger partial charge is 0.408 e. The standard InChI is InChI=1S/C13H15NO3/c1-9-4-2-3-5-12(9)10-6-11(8-15)14(7-10)13(16)17/h2-6,11,15H,7-8H2,1H3,(H,16,17)/t11-/m0/s1. The maximum absolute atomic E-state index is 11.0. The van der Waals surface area contributed by atoms with Gasteiger partial charge in [-0.1, -0.05) is 30.3 Å². The second-order valence-corrected chi connectivity index (χ2v) is 4.17. The summed E-state index contributed by atoms with van der Waals surface area (Å²) in [6.07, 6.45) is 0.833. The van der Waals surface area contributed by atoms with Crippen molar-refractivity contribution in [1.29, 1.82) is 0 Å². The molecule has 0 fully saturated rings. The van der Waals surface area contributed by atoms with Crippen LogP contribution in [0.5, 0.6) is 0 Å². The average Bonchev–Trinajstić information content (AvgIpc) is 2.73. The summed E-state index contributed by atoms with van der Waals surface area (Å²) in [6, 6.07) is 7.42. The zero-order chi connectivity index (χ0) is 12.4. The molecule has 0 radical (unpaired) electrons. The van der Waals surface area contributed by atoms with Crippen molar-refractivity contribution in [3.05, 3.63) is 41.5 Å². The summed E-state index contributed by atoms with van der Waals surface area (Å²) in [5.41, 5.74) is 3.13. The van der Waals surface area contributed by atoms with E-state index in [1.807, 2.05) is 37.3 Å². The lowest BCUT2D eigenvalue weighted by molar-refractivity contribution is 0.125. The van der Waals surface area contributed by atoms with Crippen molar-refractivity contribution in [2.24, 2.45) is 0 Å². The number of aryl methyl sites for hydroxylation is 1. The highest BCUT2D eigenvalue weighted by molar-refractivity contribution is 5.78. The lowest BCUT2D eigenvalue weighted by Crippen LogP contribution is -2.37. The molecule has 1 aliphatic rings. The molecule has 17 heavy (non-hydrogen) atoms. The fourth-order valence-electron chi connectivity index (χ4n) is 2.14. The predicted molar refractivity (Wildman–Crippen MR) is 64.8 cm³/mol. The lowest BCUT2D eigenvalue weighted by atomic mass is 10.0. The molecule has 1 aliphatic heterocycles. The molecule has 1 atom stereocenters. The van der Waals surface area contributed by atoms with Gasteiger partial charge in [0.2, 0.25) is 0 Å². The van der Waals surface area contributed by atoms with Gasteiger partial charge >= 0.3 is 6.09 Å². The van der Waals surface area contributed by atoms with Crippen LogP contribution in [0, 0.1) is 6.92 Å². The molecule has 0 aromatic heterocycles. The SMILES string of the molecule is Cc1ccccc1C1=C[C@@H](CO)N(C(=O)O)C1. The molecule has 0 unspecified atom stereocenters. The number of carboxylic acid groups (broad SMARTS) is 1. The number of hydrogen-bond donors (Lipinski definition) is 2. The first-order valence-electron chi connectivity index (χ1n) is 5.50. The van der Waals surface area contributed by atoms with E-state index in [4.69, 9.17) is 10.2 Å². The second kappa shape index (κ2) is 4.59. The fraction of sp³-hybridized carbons (Fsp3) is 0.308. The van der Waals surface area contributed by atoms with Gasteiger partial charge in [-0.25, -0.2) is 4.79 Å². The van der Waals surface area contributed by atoms with Crippen LogP contribution in [0.3, 0.4) is 0 Å². The summed E-state index contributed by atoms with van der Waals surface area (Å²) in [5.74, 6) is 0. The van der Waals surface area contributed by atoms with E-state index in [2.05, 4.69) is 0 Å². The van der Waals surface area contributed by atoms with E-state index in [0.717, 1.165) is 16.7 Å². The van der Waals surface area contributed by atoms with Crippen LogP contribution in [0.15, 0.2) is 30.3 Å². The van der Waals surface area contributed by atoms with Crippen molar-refractivity contribution in [1.82, 2.24) is 4.90 Å². The molecule has 2 N–H and O–H groups in total. The van der Waals surface area contributed by atoms with Crippen molar-refractivity contribution < 1.29 is 15.0 Å². The molecule has 0 saturated carbocycles. The first-order valence-corrected chi connectivity index (χ1v) is 5.50. The lowest BCUT2D eigenvalue weighted by Gasteiger charge is -2.19. The minimum Gasteiger partial charge on any atom is -0.465 e. The Morgan fingerprint density at radius 2 is 2.18 bits per heavy atom. The molecule has 1 heterocycles. The largest absolute Gasteiger partial charge is 0.465 e. The average molecular weight is 233 g/mol. The Hall–Kier alpha value is -1.81. The van der Waals surface area contributed by atoms with Gasteiger partial charge in [-0.05, 0) is 23.6 Å². The highest BCUT2D eigenvalue weighted by atomic mass is 16.4. The van der Waals surface area contributed by atoms with Gasteiger partial charge in [-0.3, -0.25) is 4.90 Å². The highest BCUT2D eigenvalue weighted by Crippen LogP contribution is 2.27. The molecule has 1 aromatic rings. The van der Waals surface area contributed by atoms with E-state index >= 15 is 0 Å². The Morgan fingerprint density at radius 1 is 1.47 bits per heavy atom. The Kier molecular flexibility index (Phi) is 3.15.